The summed E-state index contributed by atoms with van der Waals surface area (Å²) in [6, 6.07) is 11.8. The minimum atomic E-state index is -0.0897. The van der Waals surface area contributed by atoms with Gasteiger partial charge in [-0.25, -0.2) is 4.98 Å². The molecule has 5 nitrogen and oxygen atoms in total. The van der Waals surface area contributed by atoms with Crippen LogP contribution in [0.3, 0.4) is 0 Å². The zero-order valence-electron chi connectivity index (χ0n) is 17.1. The topological polar surface area (TPSA) is 62.3 Å². The van der Waals surface area contributed by atoms with Crippen LogP contribution in [0.2, 0.25) is 0 Å². The van der Waals surface area contributed by atoms with Gasteiger partial charge in [0.15, 0.2) is 0 Å². The van der Waals surface area contributed by atoms with Crippen LogP contribution in [0.25, 0.3) is 0 Å². The van der Waals surface area contributed by atoms with Gasteiger partial charge in [0.25, 0.3) is 5.91 Å². The summed E-state index contributed by atoms with van der Waals surface area (Å²) in [4.78, 5) is 31.5. The lowest BCUT2D eigenvalue weighted by atomic mass is 9.84. The van der Waals surface area contributed by atoms with Crippen molar-refractivity contribution in [2.24, 2.45) is 5.92 Å². The molecule has 1 saturated heterocycles. The van der Waals surface area contributed by atoms with Crippen molar-refractivity contribution < 1.29 is 9.59 Å². The molecular formula is C24H28BrN3O2. The summed E-state index contributed by atoms with van der Waals surface area (Å²) in [5.74, 6) is 1.16. The fraction of sp³-hybridized carbons (Fsp3) is 0.458. The van der Waals surface area contributed by atoms with Crippen molar-refractivity contribution >= 4 is 33.6 Å². The molecule has 1 aliphatic carbocycles. The van der Waals surface area contributed by atoms with E-state index in [2.05, 4.69) is 38.4 Å². The molecule has 2 fully saturated rings. The molecule has 2 amide bonds. The molecule has 1 aliphatic heterocycles. The molecular weight excluding hydrogens is 442 g/mol. The third kappa shape index (κ3) is 5.09. The summed E-state index contributed by atoms with van der Waals surface area (Å²) >= 11 is 3.34. The van der Waals surface area contributed by atoms with Crippen LogP contribution in [0.4, 0.5) is 5.82 Å². The molecule has 2 aliphatic rings. The largest absolute Gasteiger partial charge is 0.339 e. The average molecular weight is 470 g/mol. The fourth-order valence-corrected chi connectivity index (χ4v) is 4.77. The number of carbonyl (C=O) groups is 2. The third-order valence-electron chi connectivity index (χ3n) is 6.37. The van der Waals surface area contributed by atoms with E-state index < -0.39 is 0 Å². The number of amides is 2. The van der Waals surface area contributed by atoms with Crippen molar-refractivity contribution in [1.29, 1.82) is 0 Å². The second-order valence-corrected chi connectivity index (χ2v) is 9.29. The molecule has 30 heavy (non-hydrogen) atoms. The van der Waals surface area contributed by atoms with Crippen LogP contribution in [0, 0.1) is 5.92 Å². The van der Waals surface area contributed by atoms with Gasteiger partial charge in [-0.1, -0.05) is 31.4 Å². The summed E-state index contributed by atoms with van der Waals surface area (Å²) in [5.41, 5.74) is 2.11. The second kappa shape index (κ2) is 9.73. The maximum absolute atomic E-state index is 12.9. The van der Waals surface area contributed by atoms with Crippen LogP contribution < -0.4 is 5.32 Å². The predicted molar refractivity (Wildman–Crippen MR) is 121 cm³/mol. The van der Waals surface area contributed by atoms with Crippen molar-refractivity contribution in [1.82, 2.24) is 9.88 Å². The summed E-state index contributed by atoms with van der Waals surface area (Å²) in [6.07, 6.45) is 9.51. The number of halogens is 1. The highest BCUT2D eigenvalue weighted by atomic mass is 79.9. The van der Waals surface area contributed by atoms with Crippen molar-refractivity contribution in [3.8, 4) is 0 Å². The first-order valence-corrected chi connectivity index (χ1v) is 11.7. The number of nitrogens with one attached hydrogen (secondary N) is 1. The lowest BCUT2D eigenvalue weighted by molar-refractivity contribution is -0.121. The summed E-state index contributed by atoms with van der Waals surface area (Å²) in [7, 11) is 0. The fourth-order valence-electron chi connectivity index (χ4n) is 4.54. The Hall–Kier alpha value is -2.21. The molecule has 1 aromatic carbocycles. The van der Waals surface area contributed by atoms with Crippen LogP contribution in [0.1, 0.15) is 66.8 Å². The minimum absolute atomic E-state index is 0.0197. The van der Waals surface area contributed by atoms with Gasteiger partial charge in [-0.05, 0) is 77.4 Å². The van der Waals surface area contributed by atoms with E-state index >= 15 is 0 Å². The molecule has 2 aromatic rings. The molecule has 0 unspecified atom stereocenters. The normalized spacial score (nSPS) is 18.2. The van der Waals surface area contributed by atoms with Gasteiger partial charge < -0.3 is 10.2 Å². The molecule has 1 saturated carbocycles. The van der Waals surface area contributed by atoms with Gasteiger partial charge in [-0.15, -0.1) is 0 Å². The molecule has 0 radical (unpaired) electrons. The third-order valence-corrected chi connectivity index (χ3v) is 6.83. The Bertz CT molecular complexity index is 868. The van der Waals surface area contributed by atoms with Crippen LogP contribution in [0.5, 0.6) is 0 Å². The highest BCUT2D eigenvalue weighted by molar-refractivity contribution is 9.10. The molecule has 4 rings (SSSR count). The van der Waals surface area contributed by atoms with E-state index in [4.69, 9.17) is 0 Å². The first-order valence-electron chi connectivity index (χ1n) is 10.9. The van der Waals surface area contributed by atoms with Crippen LogP contribution in [-0.2, 0) is 4.79 Å². The number of likely N-dealkylation sites (tertiary alicyclic amines) is 1. The van der Waals surface area contributed by atoms with Gasteiger partial charge in [0.05, 0.1) is 0 Å². The Morgan fingerprint density at radius 2 is 1.63 bits per heavy atom. The molecule has 6 heteroatoms. The molecule has 2 heterocycles. The number of piperidine rings is 1. The number of anilines is 1. The number of rotatable bonds is 4. The van der Waals surface area contributed by atoms with Gasteiger partial charge in [0, 0.05) is 35.2 Å². The van der Waals surface area contributed by atoms with E-state index in [9.17, 15) is 9.59 Å². The van der Waals surface area contributed by atoms with E-state index in [0.29, 0.717) is 37.7 Å². The number of aromatic nitrogens is 1. The first-order chi connectivity index (χ1) is 14.6. The predicted octanol–water partition coefficient (Wildman–Crippen LogP) is 5.38. The summed E-state index contributed by atoms with van der Waals surface area (Å²) < 4.78 is 0.874. The van der Waals surface area contributed by atoms with Gasteiger partial charge in [-0.2, -0.15) is 0 Å². The van der Waals surface area contributed by atoms with Crippen LogP contribution in [0.15, 0.2) is 47.1 Å². The molecule has 1 aromatic heterocycles. The standard InChI is InChI=1S/C24H28BrN3O2/c25-21-10-11-22(26-16-21)27-23(29)19-12-14-28(15-13-19)24(30)20-8-6-18(7-9-20)17-4-2-1-3-5-17/h6-11,16-17,19H,1-5,12-15H2,(H,26,27,29). The Morgan fingerprint density at radius 1 is 0.933 bits per heavy atom. The van der Waals surface area contributed by atoms with Crippen molar-refractivity contribution in [3.63, 3.8) is 0 Å². The highest BCUT2D eigenvalue weighted by Crippen LogP contribution is 2.32. The van der Waals surface area contributed by atoms with E-state index in [1.54, 1.807) is 12.3 Å². The quantitative estimate of drug-likeness (QED) is 0.653. The van der Waals surface area contributed by atoms with Gasteiger partial charge in [-0.3, -0.25) is 9.59 Å². The summed E-state index contributed by atoms with van der Waals surface area (Å²) in [6.45, 7) is 1.21. The van der Waals surface area contributed by atoms with E-state index in [-0.39, 0.29) is 17.7 Å². The first kappa shape index (κ1) is 21.0. The summed E-state index contributed by atoms with van der Waals surface area (Å²) in [5, 5.41) is 2.88. The molecule has 0 bridgehead atoms. The second-order valence-electron chi connectivity index (χ2n) is 8.37. The van der Waals surface area contributed by atoms with Crippen molar-refractivity contribution in [2.45, 2.75) is 50.9 Å². The number of carbonyl (C=O) groups excluding carboxylic acids is 2. The lowest BCUT2D eigenvalue weighted by Crippen LogP contribution is -2.41. The Balaban J connectivity index is 1.29. The van der Waals surface area contributed by atoms with E-state index in [1.807, 2.05) is 23.1 Å². The Morgan fingerprint density at radius 3 is 2.27 bits per heavy atom. The number of hydrogen-bond donors (Lipinski definition) is 1. The Kier molecular flexibility index (Phi) is 6.82. The number of nitrogens with zero attached hydrogens (tertiary/aromatic N) is 2. The van der Waals surface area contributed by atoms with Gasteiger partial charge in [0.1, 0.15) is 5.82 Å². The van der Waals surface area contributed by atoms with Gasteiger partial charge in [0.2, 0.25) is 5.91 Å². The van der Waals surface area contributed by atoms with Crippen LogP contribution in [-0.4, -0.2) is 34.8 Å². The number of hydrogen-bond acceptors (Lipinski definition) is 3. The van der Waals surface area contributed by atoms with Crippen molar-refractivity contribution in [3.05, 3.63) is 58.2 Å². The van der Waals surface area contributed by atoms with E-state index in [1.165, 1.54) is 37.7 Å². The maximum atomic E-state index is 12.9. The smallest absolute Gasteiger partial charge is 0.253 e. The monoisotopic (exact) mass is 469 g/mol. The van der Waals surface area contributed by atoms with Crippen molar-refractivity contribution in [2.75, 3.05) is 18.4 Å². The Labute approximate surface area is 186 Å². The number of benzene rings is 1. The average Bonchev–Trinajstić information content (AvgIpc) is 2.81. The van der Waals surface area contributed by atoms with E-state index in [0.717, 1.165) is 10.0 Å². The zero-order valence-corrected chi connectivity index (χ0v) is 18.7. The van der Waals surface area contributed by atoms with Crippen LogP contribution >= 0.6 is 15.9 Å². The lowest BCUT2D eigenvalue weighted by Gasteiger charge is -2.31. The number of pyridine rings is 1. The molecule has 0 atom stereocenters. The molecule has 158 valence electrons. The highest BCUT2D eigenvalue weighted by Gasteiger charge is 2.28. The molecule has 0 spiro atoms. The molecule has 1 N–H and O–H groups in total. The zero-order chi connectivity index (χ0) is 20.9. The maximum Gasteiger partial charge on any atom is 0.253 e. The van der Waals surface area contributed by atoms with Gasteiger partial charge >= 0.3 is 0 Å². The SMILES string of the molecule is O=C(Nc1ccc(Br)cn1)C1CCN(C(=O)c2ccc(C3CCCCC3)cc2)CC1. The minimum Gasteiger partial charge on any atom is -0.339 e.